The van der Waals surface area contributed by atoms with E-state index in [1.807, 2.05) is 0 Å². The molecule has 0 saturated heterocycles. The molecule has 0 heterocycles. The molecule has 2 aliphatic carbocycles. The van der Waals surface area contributed by atoms with Crippen molar-refractivity contribution in [2.45, 2.75) is 77.9 Å². The Kier molecular flexibility index (Phi) is 4.38. The Morgan fingerprint density at radius 3 is 2.50 bits per heavy atom. The normalized spacial score (nSPS) is 33.7. The Morgan fingerprint density at radius 1 is 1.28 bits per heavy atom. The van der Waals surface area contributed by atoms with Crippen LogP contribution in [0.2, 0.25) is 0 Å². The molecule has 3 atom stereocenters. The summed E-state index contributed by atoms with van der Waals surface area (Å²) in [6, 6.07) is 2.30. The molecule has 0 spiro atoms. The summed E-state index contributed by atoms with van der Waals surface area (Å²) in [6.45, 7) is 10.8. The number of rotatable bonds is 5. The van der Waals surface area contributed by atoms with Gasteiger partial charge in [-0.05, 0) is 57.4 Å². The van der Waals surface area contributed by atoms with Gasteiger partial charge in [0.2, 0.25) is 0 Å². The molecule has 0 aliphatic heterocycles. The maximum Gasteiger partial charge on any atom is 0.0192 e. The van der Waals surface area contributed by atoms with Crippen LogP contribution in [0.1, 0.15) is 59.8 Å². The van der Waals surface area contributed by atoms with Gasteiger partial charge in [-0.2, -0.15) is 0 Å². The standard InChI is InChI=1S/C16H32N2/c1-12-10-16(3,4)9-8-15(12)17-11-13(2)18(5)14-6-7-14/h12-15,17H,6-11H2,1-5H3. The predicted molar refractivity (Wildman–Crippen MR) is 78.8 cm³/mol. The molecule has 0 amide bonds. The molecule has 0 aromatic rings. The van der Waals surface area contributed by atoms with Crippen molar-refractivity contribution in [3.63, 3.8) is 0 Å². The highest BCUT2D eigenvalue weighted by Gasteiger charge is 2.33. The molecular formula is C16H32N2. The van der Waals surface area contributed by atoms with Crippen LogP contribution in [-0.4, -0.2) is 36.6 Å². The summed E-state index contributed by atoms with van der Waals surface area (Å²) in [4.78, 5) is 2.56. The van der Waals surface area contributed by atoms with Gasteiger partial charge < -0.3 is 5.32 Å². The van der Waals surface area contributed by atoms with Crippen molar-refractivity contribution in [1.82, 2.24) is 10.2 Å². The van der Waals surface area contributed by atoms with Gasteiger partial charge in [-0.3, -0.25) is 4.90 Å². The van der Waals surface area contributed by atoms with Crippen LogP contribution >= 0.6 is 0 Å². The highest BCUT2D eigenvalue weighted by atomic mass is 15.2. The van der Waals surface area contributed by atoms with Gasteiger partial charge in [0.1, 0.15) is 0 Å². The summed E-state index contributed by atoms with van der Waals surface area (Å²) >= 11 is 0. The predicted octanol–water partition coefficient (Wildman–Crippen LogP) is 3.27. The third-order valence-corrected chi connectivity index (χ3v) is 5.19. The molecule has 18 heavy (non-hydrogen) atoms. The molecule has 0 aromatic carbocycles. The summed E-state index contributed by atoms with van der Waals surface area (Å²) in [5.74, 6) is 0.826. The van der Waals surface area contributed by atoms with Gasteiger partial charge >= 0.3 is 0 Å². The molecule has 106 valence electrons. The highest BCUT2D eigenvalue weighted by Crippen LogP contribution is 2.38. The van der Waals surface area contributed by atoms with Gasteiger partial charge in [0, 0.05) is 24.7 Å². The molecule has 2 aliphatic rings. The number of nitrogens with one attached hydrogen (secondary N) is 1. The zero-order chi connectivity index (χ0) is 13.3. The van der Waals surface area contributed by atoms with Crippen LogP contribution in [-0.2, 0) is 0 Å². The first-order chi connectivity index (χ1) is 8.39. The average molecular weight is 252 g/mol. The highest BCUT2D eigenvalue weighted by molar-refractivity contribution is 4.89. The Labute approximate surface area is 114 Å². The van der Waals surface area contributed by atoms with Gasteiger partial charge in [0.25, 0.3) is 0 Å². The lowest BCUT2D eigenvalue weighted by molar-refractivity contribution is 0.140. The Balaban J connectivity index is 1.73. The van der Waals surface area contributed by atoms with Gasteiger partial charge in [-0.25, -0.2) is 0 Å². The molecule has 2 rings (SSSR count). The van der Waals surface area contributed by atoms with E-state index in [0.29, 0.717) is 11.5 Å². The first-order valence-electron chi connectivity index (χ1n) is 7.84. The van der Waals surface area contributed by atoms with Crippen LogP contribution in [0.15, 0.2) is 0 Å². The van der Waals surface area contributed by atoms with Crippen molar-refractivity contribution in [3.05, 3.63) is 0 Å². The number of hydrogen-bond acceptors (Lipinski definition) is 2. The molecule has 0 bridgehead atoms. The second-order valence-electron chi connectivity index (χ2n) is 7.64. The third kappa shape index (κ3) is 3.71. The van der Waals surface area contributed by atoms with Crippen molar-refractivity contribution in [2.75, 3.05) is 13.6 Å². The first kappa shape index (κ1) is 14.3. The second-order valence-corrected chi connectivity index (χ2v) is 7.64. The molecule has 3 unspecified atom stereocenters. The minimum atomic E-state index is 0.564. The topological polar surface area (TPSA) is 15.3 Å². The largest absolute Gasteiger partial charge is 0.312 e. The third-order valence-electron chi connectivity index (χ3n) is 5.19. The summed E-state index contributed by atoms with van der Waals surface area (Å²) < 4.78 is 0. The maximum absolute atomic E-state index is 3.83. The summed E-state index contributed by atoms with van der Waals surface area (Å²) in [5, 5.41) is 3.83. The van der Waals surface area contributed by atoms with E-state index >= 15 is 0 Å². The Hall–Kier alpha value is -0.0800. The molecule has 2 heteroatoms. The molecule has 0 aromatic heterocycles. The van der Waals surface area contributed by atoms with Crippen molar-refractivity contribution in [3.8, 4) is 0 Å². The lowest BCUT2D eigenvalue weighted by atomic mass is 9.70. The van der Waals surface area contributed by atoms with E-state index < -0.39 is 0 Å². The van der Waals surface area contributed by atoms with E-state index in [9.17, 15) is 0 Å². The smallest absolute Gasteiger partial charge is 0.0192 e. The van der Waals surface area contributed by atoms with Gasteiger partial charge in [0.05, 0.1) is 0 Å². The van der Waals surface area contributed by atoms with Gasteiger partial charge in [-0.15, -0.1) is 0 Å². The van der Waals surface area contributed by atoms with E-state index in [0.717, 1.165) is 24.5 Å². The number of hydrogen-bond donors (Lipinski definition) is 1. The molecule has 0 radical (unpaired) electrons. The Bertz CT molecular complexity index is 270. The van der Waals surface area contributed by atoms with Crippen LogP contribution < -0.4 is 5.32 Å². The van der Waals surface area contributed by atoms with Crippen molar-refractivity contribution < 1.29 is 0 Å². The number of nitrogens with zero attached hydrogens (tertiary/aromatic N) is 1. The maximum atomic E-state index is 3.83. The fourth-order valence-corrected chi connectivity index (χ4v) is 3.56. The quantitative estimate of drug-likeness (QED) is 0.808. The van der Waals surface area contributed by atoms with E-state index in [4.69, 9.17) is 0 Å². The fraction of sp³-hybridized carbons (Fsp3) is 1.00. The van der Waals surface area contributed by atoms with Crippen molar-refractivity contribution in [2.24, 2.45) is 11.3 Å². The van der Waals surface area contributed by atoms with Crippen LogP contribution in [0.25, 0.3) is 0 Å². The van der Waals surface area contributed by atoms with Crippen LogP contribution in [0.5, 0.6) is 0 Å². The summed E-state index contributed by atoms with van der Waals surface area (Å²) in [6.07, 6.45) is 6.93. The van der Waals surface area contributed by atoms with E-state index in [1.165, 1.54) is 32.1 Å². The Morgan fingerprint density at radius 2 is 1.94 bits per heavy atom. The van der Waals surface area contributed by atoms with Crippen molar-refractivity contribution in [1.29, 1.82) is 0 Å². The minimum absolute atomic E-state index is 0.564. The molecular weight excluding hydrogens is 220 g/mol. The second kappa shape index (κ2) is 5.50. The monoisotopic (exact) mass is 252 g/mol. The molecule has 2 saturated carbocycles. The fourth-order valence-electron chi connectivity index (χ4n) is 3.56. The molecule has 1 N–H and O–H groups in total. The minimum Gasteiger partial charge on any atom is -0.312 e. The zero-order valence-electron chi connectivity index (χ0n) is 13.0. The van der Waals surface area contributed by atoms with Gasteiger partial charge in [-0.1, -0.05) is 20.8 Å². The van der Waals surface area contributed by atoms with E-state index in [2.05, 4.69) is 45.0 Å². The zero-order valence-corrected chi connectivity index (χ0v) is 13.0. The van der Waals surface area contributed by atoms with Crippen LogP contribution in [0.4, 0.5) is 0 Å². The molecule has 2 fully saturated rings. The SMILES string of the molecule is CC1CC(C)(C)CCC1NCC(C)N(C)C1CC1. The molecule has 2 nitrogen and oxygen atoms in total. The average Bonchev–Trinajstić information content (AvgIpc) is 3.09. The number of likely N-dealkylation sites (N-methyl/N-ethyl adjacent to an activating group) is 1. The van der Waals surface area contributed by atoms with Gasteiger partial charge in [0.15, 0.2) is 0 Å². The summed E-state index contributed by atoms with van der Waals surface area (Å²) in [7, 11) is 2.29. The van der Waals surface area contributed by atoms with E-state index in [-0.39, 0.29) is 0 Å². The van der Waals surface area contributed by atoms with Crippen LogP contribution in [0, 0.1) is 11.3 Å². The lowest BCUT2D eigenvalue weighted by Gasteiger charge is -2.40. The first-order valence-corrected chi connectivity index (χ1v) is 7.84. The van der Waals surface area contributed by atoms with Crippen molar-refractivity contribution >= 4 is 0 Å². The summed E-state index contributed by atoms with van der Waals surface area (Å²) in [5.41, 5.74) is 0.564. The van der Waals surface area contributed by atoms with Crippen LogP contribution in [0.3, 0.4) is 0 Å². The van der Waals surface area contributed by atoms with E-state index in [1.54, 1.807) is 0 Å². The lowest BCUT2D eigenvalue weighted by Crippen LogP contribution is -2.47.